The molecule has 5 nitrogen and oxygen atoms in total. The number of rotatable bonds is 3. The van der Waals surface area contributed by atoms with Crippen LogP contribution >= 0.6 is 11.6 Å². The van der Waals surface area contributed by atoms with Crippen molar-refractivity contribution in [2.45, 2.75) is 4.90 Å². The van der Waals surface area contributed by atoms with Gasteiger partial charge >= 0.3 is 0 Å². The number of benzene rings is 2. The highest BCUT2D eigenvalue weighted by Gasteiger charge is 2.14. The fourth-order valence-corrected chi connectivity index (χ4v) is 2.47. The molecule has 0 aromatic heterocycles. The maximum absolute atomic E-state index is 12.0. The van der Waals surface area contributed by atoms with Gasteiger partial charge in [-0.1, -0.05) is 29.8 Å². The Bertz CT molecular complexity index is 745. The summed E-state index contributed by atoms with van der Waals surface area (Å²) in [6.07, 6.45) is 0. The summed E-state index contributed by atoms with van der Waals surface area (Å²) in [4.78, 5) is 11.8. The van der Waals surface area contributed by atoms with Crippen molar-refractivity contribution in [3.63, 3.8) is 0 Å². The van der Waals surface area contributed by atoms with Crippen LogP contribution < -0.4 is 10.5 Å². The molecule has 0 saturated carbocycles. The summed E-state index contributed by atoms with van der Waals surface area (Å²) in [5, 5.41) is 7.78. The van der Waals surface area contributed by atoms with Gasteiger partial charge in [0.1, 0.15) is 0 Å². The average molecular weight is 311 g/mol. The van der Waals surface area contributed by atoms with Crippen LogP contribution in [0.4, 0.5) is 5.69 Å². The van der Waals surface area contributed by atoms with E-state index in [1.54, 1.807) is 24.3 Å². The summed E-state index contributed by atoms with van der Waals surface area (Å²) >= 11 is 5.80. The lowest BCUT2D eigenvalue weighted by Crippen LogP contribution is -2.16. The zero-order valence-electron chi connectivity index (χ0n) is 10.2. The number of amides is 1. The molecule has 0 aliphatic rings. The van der Waals surface area contributed by atoms with E-state index >= 15 is 0 Å². The third-order valence-corrected chi connectivity index (χ3v) is 3.60. The Labute approximate surface area is 121 Å². The molecule has 2 aromatic carbocycles. The van der Waals surface area contributed by atoms with E-state index < -0.39 is 15.9 Å². The average Bonchev–Trinajstić information content (AvgIpc) is 2.38. The van der Waals surface area contributed by atoms with Gasteiger partial charge in [0.15, 0.2) is 0 Å². The van der Waals surface area contributed by atoms with Crippen LogP contribution in [0.3, 0.4) is 0 Å². The van der Waals surface area contributed by atoms with Gasteiger partial charge in [0.2, 0.25) is 10.0 Å². The number of anilines is 1. The van der Waals surface area contributed by atoms with Crippen LogP contribution in [-0.2, 0) is 10.0 Å². The van der Waals surface area contributed by atoms with Crippen LogP contribution in [0.1, 0.15) is 10.4 Å². The number of nitrogens with one attached hydrogen (secondary N) is 1. The van der Waals surface area contributed by atoms with Gasteiger partial charge in [0.05, 0.1) is 4.90 Å². The van der Waals surface area contributed by atoms with Crippen LogP contribution in [0.5, 0.6) is 0 Å². The molecule has 0 bridgehead atoms. The Kier molecular flexibility index (Phi) is 4.08. The zero-order chi connectivity index (χ0) is 14.8. The highest BCUT2D eigenvalue weighted by molar-refractivity contribution is 7.89. The van der Waals surface area contributed by atoms with Crippen LogP contribution in [0.25, 0.3) is 0 Å². The predicted molar refractivity (Wildman–Crippen MR) is 77.2 cm³/mol. The van der Waals surface area contributed by atoms with E-state index in [0.717, 1.165) is 0 Å². The van der Waals surface area contributed by atoms with Crippen LogP contribution in [0.2, 0.25) is 5.02 Å². The van der Waals surface area contributed by atoms with Crippen LogP contribution in [-0.4, -0.2) is 14.3 Å². The van der Waals surface area contributed by atoms with Crippen molar-refractivity contribution in [2.24, 2.45) is 5.14 Å². The molecule has 0 aliphatic carbocycles. The molecule has 0 heterocycles. The van der Waals surface area contributed by atoms with E-state index in [0.29, 0.717) is 5.69 Å². The molecule has 0 radical (unpaired) electrons. The lowest BCUT2D eigenvalue weighted by Gasteiger charge is -2.07. The first kappa shape index (κ1) is 14.5. The number of sulfonamides is 1. The van der Waals surface area contributed by atoms with Gasteiger partial charge in [-0.3, -0.25) is 4.79 Å². The zero-order valence-corrected chi connectivity index (χ0v) is 11.8. The molecule has 0 spiro atoms. The van der Waals surface area contributed by atoms with Crippen molar-refractivity contribution in [1.82, 2.24) is 0 Å². The first-order valence-corrected chi connectivity index (χ1v) is 7.48. The maximum atomic E-state index is 12.0. The second kappa shape index (κ2) is 5.62. The summed E-state index contributed by atoms with van der Waals surface area (Å²) in [6.45, 7) is 0. The number of primary sulfonamides is 1. The Morgan fingerprint density at radius 3 is 2.35 bits per heavy atom. The Hall–Kier alpha value is -1.89. The molecule has 7 heteroatoms. The lowest BCUT2D eigenvalue weighted by atomic mass is 10.2. The number of hydrogen-bond donors (Lipinski definition) is 2. The molecule has 0 unspecified atom stereocenters. The van der Waals surface area contributed by atoms with Gasteiger partial charge in [-0.25, -0.2) is 13.6 Å². The Morgan fingerprint density at radius 2 is 1.75 bits per heavy atom. The molecule has 2 aromatic rings. The smallest absolute Gasteiger partial charge is 0.255 e. The molecule has 2 rings (SSSR count). The fourth-order valence-electron chi connectivity index (χ4n) is 1.58. The highest BCUT2D eigenvalue weighted by Crippen LogP contribution is 2.19. The van der Waals surface area contributed by atoms with E-state index in [2.05, 4.69) is 5.32 Å². The molecule has 20 heavy (non-hydrogen) atoms. The van der Waals surface area contributed by atoms with Gasteiger partial charge in [0, 0.05) is 16.3 Å². The molecular formula is C13H11ClN2O3S. The molecule has 3 N–H and O–H groups in total. The molecule has 0 fully saturated rings. The quantitative estimate of drug-likeness (QED) is 0.911. The van der Waals surface area contributed by atoms with E-state index in [1.165, 1.54) is 18.2 Å². The van der Waals surface area contributed by atoms with Gasteiger partial charge in [-0.05, 0) is 30.3 Å². The van der Waals surface area contributed by atoms with Crippen molar-refractivity contribution in [2.75, 3.05) is 5.32 Å². The third kappa shape index (κ3) is 3.57. The summed E-state index contributed by atoms with van der Waals surface area (Å²) in [5.74, 6) is -0.469. The van der Waals surface area contributed by atoms with Gasteiger partial charge in [-0.2, -0.15) is 0 Å². The first-order chi connectivity index (χ1) is 9.36. The van der Waals surface area contributed by atoms with Crippen molar-refractivity contribution in [1.29, 1.82) is 0 Å². The Morgan fingerprint density at radius 1 is 1.10 bits per heavy atom. The number of halogens is 1. The standard InChI is InChI=1S/C13H11ClN2O3S/c14-10-6-9(7-12(8-10)20(15,18)19)13(17)16-11-4-2-1-3-5-11/h1-8H,(H,16,17)(H2,15,18,19). The van der Waals surface area contributed by atoms with Crippen LogP contribution in [0.15, 0.2) is 53.4 Å². The number of nitrogens with two attached hydrogens (primary N) is 1. The normalized spacial score (nSPS) is 11.1. The monoisotopic (exact) mass is 310 g/mol. The molecule has 104 valence electrons. The number of carbonyl (C=O) groups excluding carboxylic acids is 1. The van der Waals surface area contributed by atoms with Gasteiger partial charge in [-0.15, -0.1) is 0 Å². The summed E-state index contributed by atoms with van der Waals surface area (Å²) < 4.78 is 22.6. The topological polar surface area (TPSA) is 89.3 Å². The van der Waals surface area contributed by atoms with Gasteiger partial charge in [0.25, 0.3) is 5.91 Å². The molecule has 0 saturated heterocycles. The second-order valence-corrected chi connectivity index (χ2v) is 6.04. The maximum Gasteiger partial charge on any atom is 0.255 e. The number of hydrogen-bond acceptors (Lipinski definition) is 3. The minimum atomic E-state index is -3.92. The first-order valence-electron chi connectivity index (χ1n) is 5.56. The molecule has 0 atom stereocenters. The van der Waals surface area contributed by atoms with Crippen LogP contribution in [0, 0.1) is 0 Å². The van der Waals surface area contributed by atoms with Gasteiger partial charge < -0.3 is 5.32 Å². The minimum Gasteiger partial charge on any atom is -0.322 e. The van der Waals surface area contributed by atoms with E-state index in [9.17, 15) is 13.2 Å². The summed E-state index contributed by atoms with van der Waals surface area (Å²) in [7, 11) is -3.92. The van der Waals surface area contributed by atoms with Crippen molar-refractivity contribution in [3.05, 3.63) is 59.1 Å². The van der Waals surface area contributed by atoms with Crippen molar-refractivity contribution < 1.29 is 13.2 Å². The SMILES string of the molecule is NS(=O)(=O)c1cc(Cl)cc(C(=O)Nc2ccccc2)c1. The molecule has 1 amide bonds. The largest absolute Gasteiger partial charge is 0.322 e. The fraction of sp³-hybridized carbons (Fsp3) is 0. The number of para-hydroxylation sites is 1. The summed E-state index contributed by atoms with van der Waals surface area (Å²) in [6, 6.07) is 12.5. The van der Waals surface area contributed by atoms with E-state index in [4.69, 9.17) is 16.7 Å². The second-order valence-electron chi connectivity index (χ2n) is 4.04. The number of carbonyl (C=O) groups is 1. The highest BCUT2D eigenvalue weighted by atomic mass is 35.5. The molecule has 0 aliphatic heterocycles. The van der Waals surface area contributed by atoms with Crippen molar-refractivity contribution in [3.8, 4) is 0 Å². The minimum absolute atomic E-state index is 0.116. The Balaban J connectivity index is 2.33. The van der Waals surface area contributed by atoms with Crippen molar-refractivity contribution >= 4 is 33.2 Å². The summed E-state index contributed by atoms with van der Waals surface area (Å²) in [5.41, 5.74) is 0.708. The van der Waals surface area contributed by atoms with E-state index in [-0.39, 0.29) is 15.5 Å². The third-order valence-electron chi connectivity index (χ3n) is 2.49. The van der Waals surface area contributed by atoms with E-state index in [1.807, 2.05) is 6.07 Å². The molecular weight excluding hydrogens is 300 g/mol. The predicted octanol–water partition coefficient (Wildman–Crippen LogP) is 2.24. The lowest BCUT2D eigenvalue weighted by molar-refractivity contribution is 0.102.